The summed E-state index contributed by atoms with van der Waals surface area (Å²) >= 11 is 0. The molecule has 0 aliphatic heterocycles. The molecule has 0 fully saturated rings. The van der Waals surface area contributed by atoms with Gasteiger partial charge in [-0.25, -0.2) is 0 Å². The summed E-state index contributed by atoms with van der Waals surface area (Å²) in [7, 11) is 1.54. The lowest BCUT2D eigenvalue weighted by atomic mass is 10.2. The van der Waals surface area contributed by atoms with Gasteiger partial charge in [-0.15, -0.1) is 0 Å². The second-order valence-corrected chi connectivity index (χ2v) is 4.08. The summed E-state index contributed by atoms with van der Waals surface area (Å²) in [6, 6.07) is 5.24. The first-order valence-corrected chi connectivity index (χ1v) is 6.54. The van der Waals surface area contributed by atoms with Crippen LogP contribution in [0.2, 0.25) is 0 Å². The van der Waals surface area contributed by atoms with Crippen molar-refractivity contribution in [2.75, 3.05) is 20.3 Å². The first-order valence-electron chi connectivity index (χ1n) is 6.54. The maximum atomic E-state index is 9.47. The molecule has 0 aliphatic carbocycles. The molecule has 0 saturated carbocycles. The zero-order valence-corrected chi connectivity index (χ0v) is 11.6. The number of aromatic hydroxyl groups is 1. The summed E-state index contributed by atoms with van der Waals surface area (Å²) in [4.78, 5) is 0. The molecule has 0 spiro atoms. The van der Waals surface area contributed by atoms with Gasteiger partial charge in [0.05, 0.1) is 20.3 Å². The zero-order chi connectivity index (χ0) is 13.9. The van der Waals surface area contributed by atoms with E-state index in [-0.39, 0.29) is 5.75 Å². The fraction of sp³-hybridized carbons (Fsp3) is 0.375. The van der Waals surface area contributed by atoms with Crippen molar-refractivity contribution < 1.29 is 14.6 Å². The lowest BCUT2D eigenvalue weighted by Crippen LogP contribution is -1.92. The lowest BCUT2D eigenvalue weighted by molar-refractivity contribution is 0.168. The van der Waals surface area contributed by atoms with E-state index in [9.17, 15) is 5.11 Å². The van der Waals surface area contributed by atoms with Gasteiger partial charge in [0.2, 0.25) is 0 Å². The van der Waals surface area contributed by atoms with Crippen molar-refractivity contribution in [3.05, 3.63) is 42.0 Å². The Labute approximate surface area is 115 Å². The van der Waals surface area contributed by atoms with Crippen molar-refractivity contribution in [3.63, 3.8) is 0 Å². The van der Waals surface area contributed by atoms with Crippen molar-refractivity contribution in [2.45, 2.75) is 19.8 Å². The molecule has 3 nitrogen and oxygen atoms in total. The summed E-state index contributed by atoms with van der Waals surface area (Å²) in [5.74, 6) is 0.631. The van der Waals surface area contributed by atoms with Crippen molar-refractivity contribution in [2.24, 2.45) is 0 Å². The van der Waals surface area contributed by atoms with Crippen LogP contribution in [-0.2, 0) is 4.74 Å². The molecule has 0 heterocycles. The van der Waals surface area contributed by atoms with Crippen LogP contribution in [0.4, 0.5) is 0 Å². The number of rotatable bonds is 8. The average molecular weight is 262 g/mol. The second kappa shape index (κ2) is 9.22. The highest BCUT2D eigenvalue weighted by Gasteiger charge is 1.99. The Hall–Kier alpha value is -1.74. The third-order valence-corrected chi connectivity index (χ3v) is 2.56. The maximum absolute atomic E-state index is 9.47. The van der Waals surface area contributed by atoms with Crippen molar-refractivity contribution in [1.29, 1.82) is 0 Å². The van der Waals surface area contributed by atoms with Gasteiger partial charge in [-0.3, -0.25) is 0 Å². The quantitative estimate of drug-likeness (QED) is 0.572. The summed E-state index contributed by atoms with van der Waals surface area (Å²) in [6.45, 7) is 3.44. The van der Waals surface area contributed by atoms with E-state index < -0.39 is 0 Å². The summed E-state index contributed by atoms with van der Waals surface area (Å²) in [5.41, 5.74) is 0.976. The Morgan fingerprint density at radius 2 is 2.05 bits per heavy atom. The summed E-state index contributed by atoms with van der Waals surface area (Å²) in [5, 5.41) is 9.47. The Kier molecular flexibility index (Phi) is 7.44. The molecule has 0 amide bonds. The fourth-order valence-corrected chi connectivity index (χ4v) is 1.57. The smallest absolute Gasteiger partial charge is 0.161 e. The van der Waals surface area contributed by atoms with Gasteiger partial charge in [-0.05, 0) is 30.5 Å². The van der Waals surface area contributed by atoms with Crippen LogP contribution in [0.3, 0.4) is 0 Å². The Balaban J connectivity index is 2.30. The van der Waals surface area contributed by atoms with E-state index in [2.05, 4.69) is 19.1 Å². The van der Waals surface area contributed by atoms with Gasteiger partial charge in [0, 0.05) is 0 Å². The van der Waals surface area contributed by atoms with Crippen LogP contribution >= 0.6 is 0 Å². The van der Waals surface area contributed by atoms with Crippen molar-refractivity contribution in [3.8, 4) is 11.5 Å². The van der Waals surface area contributed by atoms with Crippen LogP contribution in [0.1, 0.15) is 25.3 Å². The SMILES string of the molecule is CC/C=C\CCOC/C=C/c1ccc(O)c(OC)c1. The number of phenols is 1. The largest absolute Gasteiger partial charge is 0.504 e. The number of hydrogen-bond donors (Lipinski definition) is 1. The number of allylic oxidation sites excluding steroid dienone is 1. The Bertz CT molecular complexity index is 422. The van der Waals surface area contributed by atoms with Gasteiger partial charge in [-0.1, -0.05) is 37.3 Å². The molecular formula is C16H22O3. The van der Waals surface area contributed by atoms with Crippen LogP contribution < -0.4 is 4.74 Å². The van der Waals surface area contributed by atoms with E-state index in [4.69, 9.17) is 9.47 Å². The van der Waals surface area contributed by atoms with Gasteiger partial charge in [0.1, 0.15) is 0 Å². The molecule has 0 aromatic heterocycles. The number of methoxy groups -OCH3 is 1. The van der Waals surface area contributed by atoms with E-state index >= 15 is 0 Å². The van der Waals surface area contributed by atoms with Crippen molar-refractivity contribution >= 4 is 6.08 Å². The van der Waals surface area contributed by atoms with E-state index in [1.54, 1.807) is 12.1 Å². The first kappa shape index (κ1) is 15.3. The van der Waals surface area contributed by atoms with Crippen LogP contribution in [0.15, 0.2) is 36.4 Å². The van der Waals surface area contributed by atoms with Gasteiger partial charge in [0.15, 0.2) is 11.5 Å². The second-order valence-electron chi connectivity index (χ2n) is 4.08. The Morgan fingerprint density at radius 3 is 2.79 bits per heavy atom. The maximum Gasteiger partial charge on any atom is 0.161 e. The molecule has 0 aliphatic rings. The molecule has 0 saturated heterocycles. The highest BCUT2D eigenvalue weighted by atomic mass is 16.5. The van der Waals surface area contributed by atoms with Crippen molar-refractivity contribution in [1.82, 2.24) is 0 Å². The molecule has 19 heavy (non-hydrogen) atoms. The molecule has 1 N–H and O–H groups in total. The number of benzene rings is 1. The summed E-state index contributed by atoms with van der Waals surface area (Å²) in [6.07, 6.45) is 10.2. The van der Waals surface area contributed by atoms with Gasteiger partial charge >= 0.3 is 0 Å². The monoisotopic (exact) mass is 262 g/mol. The average Bonchev–Trinajstić information content (AvgIpc) is 2.43. The molecule has 1 aromatic rings. The molecular weight excluding hydrogens is 240 g/mol. The predicted molar refractivity (Wildman–Crippen MR) is 78.6 cm³/mol. The van der Waals surface area contributed by atoms with Crippen LogP contribution in [0.5, 0.6) is 11.5 Å². The number of phenolic OH excluding ortho intramolecular Hbond substituents is 1. The fourth-order valence-electron chi connectivity index (χ4n) is 1.57. The minimum Gasteiger partial charge on any atom is -0.504 e. The topological polar surface area (TPSA) is 38.7 Å². The van der Waals surface area contributed by atoms with Crippen LogP contribution in [0.25, 0.3) is 6.08 Å². The van der Waals surface area contributed by atoms with E-state index in [0.29, 0.717) is 12.4 Å². The van der Waals surface area contributed by atoms with E-state index in [1.807, 2.05) is 18.2 Å². The predicted octanol–water partition coefficient (Wildman–Crippen LogP) is 3.79. The standard InChI is InChI=1S/C16H22O3/c1-3-4-5-6-11-19-12-7-8-14-9-10-15(17)16(13-14)18-2/h4-5,7-10,13,17H,3,6,11-12H2,1-2H3/b5-4-,8-7+. The van der Waals surface area contributed by atoms with Crippen LogP contribution in [-0.4, -0.2) is 25.4 Å². The molecule has 0 radical (unpaired) electrons. The number of ether oxygens (including phenoxy) is 2. The van der Waals surface area contributed by atoms with E-state index in [0.717, 1.165) is 25.0 Å². The highest BCUT2D eigenvalue weighted by Crippen LogP contribution is 2.26. The molecule has 1 aromatic carbocycles. The molecule has 3 heteroatoms. The minimum absolute atomic E-state index is 0.151. The third-order valence-electron chi connectivity index (χ3n) is 2.56. The molecule has 104 valence electrons. The van der Waals surface area contributed by atoms with Gasteiger partial charge < -0.3 is 14.6 Å². The van der Waals surface area contributed by atoms with Gasteiger partial charge in [-0.2, -0.15) is 0 Å². The molecule has 0 bridgehead atoms. The number of hydrogen-bond acceptors (Lipinski definition) is 3. The molecule has 1 rings (SSSR count). The normalized spacial score (nSPS) is 11.5. The lowest BCUT2D eigenvalue weighted by Gasteiger charge is -2.03. The minimum atomic E-state index is 0.151. The molecule has 0 atom stereocenters. The Morgan fingerprint density at radius 1 is 1.21 bits per heavy atom. The molecule has 0 unspecified atom stereocenters. The van der Waals surface area contributed by atoms with Crippen LogP contribution in [0, 0.1) is 0 Å². The third kappa shape index (κ3) is 6.11. The summed E-state index contributed by atoms with van der Waals surface area (Å²) < 4.78 is 10.5. The van der Waals surface area contributed by atoms with E-state index in [1.165, 1.54) is 7.11 Å². The first-order chi connectivity index (χ1) is 9.27. The highest BCUT2D eigenvalue weighted by molar-refractivity contribution is 5.55. The van der Waals surface area contributed by atoms with Gasteiger partial charge in [0.25, 0.3) is 0 Å². The zero-order valence-electron chi connectivity index (χ0n) is 11.6.